The first-order chi connectivity index (χ1) is 13.3. The third-order valence-corrected chi connectivity index (χ3v) is 5.40. The highest BCUT2D eigenvalue weighted by atomic mass is 16.5. The molecule has 28 heavy (non-hydrogen) atoms. The van der Waals surface area contributed by atoms with E-state index in [1.54, 1.807) is 24.3 Å². The van der Waals surface area contributed by atoms with Crippen LogP contribution in [0, 0.1) is 6.92 Å². The van der Waals surface area contributed by atoms with Gasteiger partial charge < -0.3 is 14.8 Å². The first kappa shape index (κ1) is 19.9. The van der Waals surface area contributed by atoms with E-state index >= 15 is 0 Å². The summed E-state index contributed by atoms with van der Waals surface area (Å²) in [7, 11) is 1.33. The number of hydrogen-bond donors (Lipinski definition) is 1. The number of ketones is 1. The van der Waals surface area contributed by atoms with Crippen LogP contribution in [0.2, 0.25) is 0 Å². The normalized spacial score (nSPS) is 14.6. The number of fused-ring (bicyclic) bond motifs is 1. The summed E-state index contributed by atoms with van der Waals surface area (Å²) < 4.78 is 10.6. The number of ether oxygens (including phenoxy) is 2. The van der Waals surface area contributed by atoms with Gasteiger partial charge in [0, 0.05) is 23.4 Å². The molecule has 148 valence electrons. The molecule has 0 fully saturated rings. The van der Waals surface area contributed by atoms with Crippen molar-refractivity contribution in [2.75, 3.05) is 25.6 Å². The van der Waals surface area contributed by atoms with E-state index in [1.165, 1.54) is 7.11 Å². The molecular weight excluding hydrogens is 354 g/mol. The Balaban J connectivity index is 2.10. The highest BCUT2D eigenvalue weighted by Gasteiger charge is 2.32. The quantitative estimate of drug-likeness (QED) is 0.610. The van der Waals surface area contributed by atoms with Crippen LogP contribution in [0.15, 0.2) is 30.3 Å². The molecule has 1 aliphatic rings. The standard InChI is InChI=1S/C23H27NO4/c1-6-28-21-14(2)19-18(23(3,4)11-12-24-19)13-17(21)20(25)15-7-9-16(10-8-15)22(26)27-5/h7-10,13,24H,6,11-12H2,1-5H3. The number of hydrogen-bond acceptors (Lipinski definition) is 5. The van der Waals surface area contributed by atoms with E-state index in [9.17, 15) is 9.59 Å². The molecule has 1 heterocycles. The van der Waals surface area contributed by atoms with Crippen molar-refractivity contribution in [3.8, 4) is 5.75 Å². The van der Waals surface area contributed by atoms with Gasteiger partial charge in [0.15, 0.2) is 5.78 Å². The Morgan fingerprint density at radius 3 is 2.39 bits per heavy atom. The molecule has 0 saturated carbocycles. The number of nitrogens with one attached hydrogen (secondary N) is 1. The van der Waals surface area contributed by atoms with Crippen molar-refractivity contribution in [2.24, 2.45) is 0 Å². The second-order valence-corrected chi connectivity index (χ2v) is 7.69. The van der Waals surface area contributed by atoms with Crippen LogP contribution in [-0.2, 0) is 10.2 Å². The van der Waals surface area contributed by atoms with Gasteiger partial charge in [-0.15, -0.1) is 0 Å². The topological polar surface area (TPSA) is 64.6 Å². The van der Waals surface area contributed by atoms with Crippen LogP contribution >= 0.6 is 0 Å². The molecule has 0 amide bonds. The lowest BCUT2D eigenvalue weighted by Gasteiger charge is -2.35. The molecule has 5 nitrogen and oxygen atoms in total. The van der Waals surface area contributed by atoms with E-state index in [2.05, 4.69) is 19.2 Å². The first-order valence-corrected chi connectivity index (χ1v) is 9.58. The second-order valence-electron chi connectivity index (χ2n) is 7.69. The molecule has 0 radical (unpaired) electrons. The molecule has 2 aromatic rings. The molecule has 1 N–H and O–H groups in total. The van der Waals surface area contributed by atoms with Crippen LogP contribution in [0.1, 0.15) is 64.6 Å². The third-order valence-electron chi connectivity index (χ3n) is 5.40. The molecule has 3 rings (SSSR count). The minimum absolute atomic E-state index is 0.0279. The van der Waals surface area contributed by atoms with Crippen LogP contribution < -0.4 is 10.1 Å². The van der Waals surface area contributed by atoms with E-state index < -0.39 is 5.97 Å². The van der Waals surface area contributed by atoms with Crippen molar-refractivity contribution in [2.45, 2.75) is 39.5 Å². The van der Waals surface area contributed by atoms with Crippen LogP contribution in [0.4, 0.5) is 5.69 Å². The fourth-order valence-electron chi connectivity index (χ4n) is 3.73. The zero-order valence-electron chi connectivity index (χ0n) is 17.1. The van der Waals surface area contributed by atoms with E-state index in [1.807, 2.05) is 19.9 Å². The van der Waals surface area contributed by atoms with Gasteiger partial charge in [0.2, 0.25) is 0 Å². The van der Waals surface area contributed by atoms with Crippen molar-refractivity contribution < 1.29 is 19.1 Å². The van der Waals surface area contributed by atoms with Gasteiger partial charge in [0.1, 0.15) is 5.75 Å². The summed E-state index contributed by atoms with van der Waals surface area (Å²) in [5, 5.41) is 3.47. The molecule has 0 bridgehead atoms. The predicted molar refractivity (Wildman–Crippen MR) is 110 cm³/mol. The zero-order valence-corrected chi connectivity index (χ0v) is 17.1. The van der Waals surface area contributed by atoms with Crippen molar-refractivity contribution in [3.05, 3.63) is 58.1 Å². The van der Waals surface area contributed by atoms with Gasteiger partial charge in [-0.1, -0.05) is 26.0 Å². The minimum atomic E-state index is -0.425. The minimum Gasteiger partial charge on any atom is -0.493 e. The lowest BCUT2D eigenvalue weighted by Crippen LogP contribution is -2.29. The summed E-state index contributed by atoms with van der Waals surface area (Å²) in [5.74, 6) is 0.0760. The fourth-order valence-corrected chi connectivity index (χ4v) is 3.73. The van der Waals surface area contributed by atoms with Gasteiger partial charge in [-0.25, -0.2) is 4.79 Å². The van der Waals surface area contributed by atoms with Gasteiger partial charge in [-0.2, -0.15) is 0 Å². The van der Waals surface area contributed by atoms with E-state index in [0.717, 1.165) is 29.8 Å². The maximum absolute atomic E-state index is 13.3. The highest BCUT2D eigenvalue weighted by Crippen LogP contribution is 2.43. The average Bonchev–Trinajstić information content (AvgIpc) is 2.69. The van der Waals surface area contributed by atoms with Crippen molar-refractivity contribution in [1.29, 1.82) is 0 Å². The van der Waals surface area contributed by atoms with E-state index in [-0.39, 0.29) is 11.2 Å². The molecule has 0 aromatic heterocycles. The summed E-state index contributed by atoms with van der Waals surface area (Å²) in [5.41, 5.74) is 4.61. The van der Waals surface area contributed by atoms with Crippen molar-refractivity contribution in [1.82, 2.24) is 0 Å². The molecule has 0 unspecified atom stereocenters. The van der Waals surface area contributed by atoms with E-state index in [4.69, 9.17) is 9.47 Å². The molecule has 1 aliphatic heterocycles. The van der Waals surface area contributed by atoms with Gasteiger partial charge in [-0.3, -0.25) is 4.79 Å². The third kappa shape index (κ3) is 3.49. The van der Waals surface area contributed by atoms with Gasteiger partial charge in [0.05, 0.1) is 24.8 Å². The second kappa shape index (κ2) is 7.66. The average molecular weight is 381 g/mol. The van der Waals surface area contributed by atoms with Crippen molar-refractivity contribution in [3.63, 3.8) is 0 Å². The maximum Gasteiger partial charge on any atom is 0.337 e. The molecule has 0 aliphatic carbocycles. The Labute approximate surface area is 166 Å². The van der Waals surface area contributed by atoms with Crippen LogP contribution in [-0.4, -0.2) is 32.0 Å². The van der Waals surface area contributed by atoms with Crippen LogP contribution in [0.5, 0.6) is 5.75 Å². The van der Waals surface area contributed by atoms with Crippen molar-refractivity contribution >= 4 is 17.4 Å². The molecule has 0 saturated heterocycles. The molecule has 2 aromatic carbocycles. The first-order valence-electron chi connectivity index (χ1n) is 9.58. The number of carbonyl (C=O) groups is 2. The Kier molecular flexibility index (Phi) is 5.45. The SMILES string of the molecule is CCOc1c(C(=O)c2ccc(C(=O)OC)cc2)cc2c(c1C)NCCC2(C)C. The highest BCUT2D eigenvalue weighted by molar-refractivity contribution is 6.12. The Morgan fingerprint density at radius 2 is 1.79 bits per heavy atom. The monoisotopic (exact) mass is 381 g/mol. The van der Waals surface area contributed by atoms with E-state index in [0.29, 0.717) is 29.0 Å². The lowest BCUT2D eigenvalue weighted by molar-refractivity contribution is 0.0600. The molecular formula is C23H27NO4. The molecule has 0 atom stereocenters. The lowest BCUT2D eigenvalue weighted by atomic mass is 9.76. The maximum atomic E-state index is 13.3. The number of anilines is 1. The number of rotatable bonds is 5. The number of esters is 1. The molecule has 5 heteroatoms. The number of methoxy groups -OCH3 is 1. The summed E-state index contributed by atoms with van der Waals surface area (Å²) in [6, 6.07) is 8.49. The Hall–Kier alpha value is -2.82. The number of carbonyl (C=O) groups excluding carboxylic acids is 2. The molecule has 0 spiro atoms. The Bertz CT molecular complexity index is 913. The summed E-state index contributed by atoms with van der Waals surface area (Å²) in [6.45, 7) is 9.68. The fraction of sp³-hybridized carbons (Fsp3) is 0.391. The van der Waals surface area contributed by atoms with Gasteiger partial charge in [-0.05, 0) is 49.4 Å². The predicted octanol–water partition coefficient (Wildman–Crippen LogP) is 4.50. The summed E-state index contributed by atoms with van der Waals surface area (Å²) in [6.07, 6.45) is 0.995. The zero-order chi connectivity index (χ0) is 20.5. The van der Waals surface area contributed by atoms with Crippen LogP contribution in [0.25, 0.3) is 0 Å². The van der Waals surface area contributed by atoms with Crippen LogP contribution in [0.3, 0.4) is 0 Å². The number of benzene rings is 2. The largest absolute Gasteiger partial charge is 0.493 e. The smallest absolute Gasteiger partial charge is 0.337 e. The Morgan fingerprint density at radius 1 is 1.14 bits per heavy atom. The summed E-state index contributed by atoms with van der Waals surface area (Å²) in [4.78, 5) is 25.0. The van der Waals surface area contributed by atoms with Gasteiger partial charge >= 0.3 is 5.97 Å². The summed E-state index contributed by atoms with van der Waals surface area (Å²) >= 11 is 0. The van der Waals surface area contributed by atoms with Gasteiger partial charge in [0.25, 0.3) is 0 Å².